The minimum Gasteiger partial charge on any atom is -0.476 e. The van der Waals surface area contributed by atoms with Gasteiger partial charge >= 0.3 is 5.97 Å². The number of nitrogens with zero attached hydrogens (tertiary/aromatic N) is 1. The maximum absolute atomic E-state index is 10.3. The van der Waals surface area contributed by atoms with E-state index in [9.17, 15) is 4.79 Å². The molecular weight excluding hydrogens is 162 g/mol. The zero-order chi connectivity index (χ0) is 8.97. The van der Waals surface area contributed by atoms with Crippen LogP contribution in [-0.4, -0.2) is 29.1 Å². The second-order valence-electron chi connectivity index (χ2n) is 2.06. The molecule has 6 heteroatoms. The summed E-state index contributed by atoms with van der Waals surface area (Å²) in [7, 11) is 0. The smallest absolute Gasteiger partial charge is 0.357 e. The second-order valence-corrected chi connectivity index (χ2v) is 2.06. The van der Waals surface area contributed by atoms with Gasteiger partial charge in [-0.05, 0) is 0 Å². The van der Waals surface area contributed by atoms with Gasteiger partial charge in [0.05, 0.1) is 0 Å². The zero-order valence-electron chi connectivity index (χ0n) is 6.28. The lowest BCUT2D eigenvalue weighted by Crippen LogP contribution is -2.13. The molecule has 4 N–H and O–H groups in total. The Balaban J connectivity index is 2.58. The summed E-state index contributed by atoms with van der Waals surface area (Å²) in [5.74, 6) is -1.11. The van der Waals surface area contributed by atoms with E-state index >= 15 is 0 Å². The number of nitrogens with one attached hydrogen (secondary N) is 1. The van der Waals surface area contributed by atoms with E-state index in [0.717, 1.165) is 6.26 Å². The summed E-state index contributed by atoms with van der Waals surface area (Å²) in [4.78, 5) is 13.9. The monoisotopic (exact) mass is 171 g/mol. The van der Waals surface area contributed by atoms with Gasteiger partial charge in [0.2, 0.25) is 0 Å². The quantitative estimate of drug-likeness (QED) is 0.577. The molecule has 0 fully saturated rings. The standard InChI is InChI=1S/C6H9N3O3/c7-1-2-8-6-9-4(3-12-6)5(10)11/h3H,1-2,7H2,(H,8,9)(H,10,11). The number of carboxylic acids is 1. The first kappa shape index (κ1) is 8.54. The van der Waals surface area contributed by atoms with Crippen LogP contribution in [0.3, 0.4) is 0 Å². The number of oxazole rings is 1. The number of carbonyl (C=O) groups is 1. The molecule has 6 nitrogen and oxygen atoms in total. The molecule has 1 rings (SSSR count). The normalized spacial score (nSPS) is 9.75. The first-order valence-corrected chi connectivity index (χ1v) is 3.37. The molecule has 0 bridgehead atoms. The van der Waals surface area contributed by atoms with Crippen molar-refractivity contribution in [3.05, 3.63) is 12.0 Å². The number of hydrogen-bond donors (Lipinski definition) is 3. The van der Waals surface area contributed by atoms with E-state index in [2.05, 4.69) is 10.3 Å². The summed E-state index contributed by atoms with van der Waals surface area (Å²) >= 11 is 0. The summed E-state index contributed by atoms with van der Waals surface area (Å²) in [6, 6.07) is 0.179. The van der Waals surface area contributed by atoms with Crippen molar-refractivity contribution in [2.75, 3.05) is 18.4 Å². The highest BCUT2D eigenvalue weighted by molar-refractivity contribution is 5.85. The highest BCUT2D eigenvalue weighted by atomic mass is 16.4. The summed E-state index contributed by atoms with van der Waals surface area (Å²) in [5, 5.41) is 11.2. The third-order valence-electron chi connectivity index (χ3n) is 1.14. The number of anilines is 1. The molecule has 1 aromatic rings. The predicted molar refractivity (Wildman–Crippen MR) is 41.0 cm³/mol. The van der Waals surface area contributed by atoms with E-state index in [1.807, 2.05) is 0 Å². The molecule has 12 heavy (non-hydrogen) atoms. The Morgan fingerprint density at radius 3 is 3.08 bits per heavy atom. The number of carboxylic acid groups (broad SMARTS) is 1. The topological polar surface area (TPSA) is 101 Å². The fraction of sp³-hybridized carbons (Fsp3) is 0.333. The largest absolute Gasteiger partial charge is 0.476 e. The number of aromatic carboxylic acids is 1. The van der Waals surface area contributed by atoms with Gasteiger partial charge in [-0.15, -0.1) is 0 Å². The molecule has 0 aromatic carbocycles. The van der Waals surface area contributed by atoms with Crippen LogP contribution >= 0.6 is 0 Å². The lowest BCUT2D eigenvalue weighted by molar-refractivity contribution is 0.0690. The van der Waals surface area contributed by atoms with Crippen LogP contribution in [0.2, 0.25) is 0 Å². The Labute approximate surface area is 68.4 Å². The summed E-state index contributed by atoms with van der Waals surface area (Å²) in [6.45, 7) is 0.935. The zero-order valence-corrected chi connectivity index (χ0v) is 6.28. The van der Waals surface area contributed by atoms with E-state index in [4.69, 9.17) is 15.3 Å². The average molecular weight is 171 g/mol. The maximum atomic E-state index is 10.3. The maximum Gasteiger partial charge on any atom is 0.357 e. The lowest BCUT2D eigenvalue weighted by atomic mass is 10.5. The van der Waals surface area contributed by atoms with Crippen LogP contribution < -0.4 is 11.1 Å². The second kappa shape index (κ2) is 3.72. The molecule has 0 saturated heterocycles. The average Bonchev–Trinajstić information content (AvgIpc) is 2.48. The van der Waals surface area contributed by atoms with E-state index in [1.165, 1.54) is 0 Å². The molecule has 0 atom stereocenters. The molecule has 0 radical (unpaired) electrons. The van der Waals surface area contributed by atoms with Gasteiger partial charge in [-0.25, -0.2) is 4.79 Å². The van der Waals surface area contributed by atoms with Crippen LogP contribution in [0.15, 0.2) is 10.7 Å². The van der Waals surface area contributed by atoms with E-state index in [1.54, 1.807) is 0 Å². The van der Waals surface area contributed by atoms with Crippen molar-refractivity contribution >= 4 is 12.0 Å². The Morgan fingerprint density at radius 2 is 2.58 bits per heavy atom. The van der Waals surface area contributed by atoms with Crippen molar-refractivity contribution in [3.63, 3.8) is 0 Å². The number of rotatable bonds is 4. The van der Waals surface area contributed by atoms with Gasteiger partial charge in [0.1, 0.15) is 6.26 Å². The number of nitrogens with two attached hydrogens (primary N) is 1. The SMILES string of the molecule is NCCNc1nc(C(=O)O)co1. The Hall–Kier alpha value is -1.56. The molecule has 0 saturated carbocycles. The highest BCUT2D eigenvalue weighted by Crippen LogP contribution is 2.05. The Morgan fingerprint density at radius 1 is 1.83 bits per heavy atom. The number of hydrogen-bond acceptors (Lipinski definition) is 5. The molecule has 66 valence electrons. The molecule has 0 aliphatic rings. The summed E-state index contributed by atoms with van der Waals surface area (Å²) in [6.07, 6.45) is 1.07. The van der Waals surface area contributed by atoms with Crippen LogP contribution in [0.1, 0.15) is 10.5 Å². The van der Waals surface area contributed by atoms with Crippen molar-refractivity contribution in [2.24, 2.45) is 5.73 Å². The molecule has 0 amide bonds. The van der Waals surface area contributed by atoms with Crippen molar-refractivity contribution in [1.29, 1.82) is 0 Å². The molecule has 1 heterocycles. The summed E-state index contributed by atoms with van der Waals surface area (Å²) < 4.78 is 4.77. The van der Waals surface area contributed by atoms with Crippen LogP contribution in [0.5, 0.6) is 0 Å². The third kappa shape index (κ3) is 1.96. The molecule has 1 aromatic heterocycles. The van der Waals surface area contributed by atoms with Crippen molar-refractivity contribution in [3.8, 4) is 0 Å². The Kier molecular flexibility index (Phi) is 2.65. The molecule has 0 spiro atoms. The molecular formula is C6H9N3O3. The van der Waals surface area contributed by atoms with Gasteiger partial charge in [0.15, 0.2) is 5.69 Å². The van der Waals surface area contributed by atoms with Gasteiger partial charge < -0.3 is 20.6 Å². The third-order valence-corrected chi connectivity index (χ3v) is 1.14. The van der Waals surface area contributed by atoms with Gasteiger partial charge in [-0.3, -0.25) is 0 Å². The first-order chi connectivity index (χ1) is 5.74. The lowest BCUT2D eigenvalue weighted by Gasteiger charge is -1.94. The molecule has 0 unspecified atom stereocenters. The van der Waals surface area contributed by atoms with Gasteiger partial charge in [0, 0.05) is 13.1 Å². The molecule has 0 aliphatic heterocycles. The Bertz CT molecular complexity index is 271. The summed E-state index contributed by atoms with van der Waals surface area (Å²) in [5.41, 5.74) is 5.08. The van der Waals surface area contributed by atoms with Crippen molar-refractivity contribution in [1.82, 2.24) is 4.98 Å². The minimum absolute atomic E-state index is 0.116. The highest BCUT2D eigenvalue weighted by Gasteiger charge is 2.08. The van der Waals surface area contributed by atoms with Crippen molar-refractivity contribution in [2.45, 2.75) is 0 Å². The van der Waals surface area contributed by atoms with E-state index in [0.29, 0.717) is 13.1 Å². The van der Waals surface area contributed by atoms with Gasteiger partial charge in [0.25, 0.3) is 6.01 Å². The predicted octanol–water partition coefficient (Wildman–Crippen LogP) is -0.257. The first-order valence-electron chi connectivity index (χ1n) is 3.37. The van der Waals surface area contributed by atoms with Gasteiger partial charge in [-0.1, -0.05) is 0 Å². The fourth-order valence-electron chi connectivity index (χ4n) is 0.632. The van der Waals surface area contributed by atoms with Crippen molar-refractivity contribution < 1.29 is 14.3 Å². The van der Waals surface area contributed by atoms with Gasteiger partial charge in [-0.2, -0.15) is 4.98 Å². The van der Waals surface area contributed by atoms with Crippen LogP contribution in [0.4, 0.5) is 6.01 Å². The molecule has 0 aliphatic carbocycles. The van der Waals surface area contributed by atoms with Crippen LogP contribution in [-0.2, 0) is 0 Å². The van der Waals surface area contributed by atoms with Crippen LogP contribution in [0, 0.1) is 0 Å². The van der Waals surface area contributed by atoms with E-state index < -0.39 is 5.97 Å². The van der Waals surface area contributed by atoms with Crippen LogP contribution in [0.25, 0.3) is 0 Å². The minimum atomic E-state index is -1.11. The van der Waals surface area contributed by atoms with E-state index in [-0.39, 0.29) is 11.7 Å². The fourth-order valence-corrected chi connectivity index (χ4v) is 0.632. The number of aromatic nitrogens is 1.